The summed E-state index contributed by atoms with van der Waals surface area (Å²) in [7, 11) is 0. The Balaban J connectivity index is 1.88. The number of nitrogens with zero attached hydrogens (tertiary/aromatic N) is 1. The van der Waals surface area contributed by atoms with Crippen molar-refractivity contribution < 1.29 is 9.53 Å². The summed E-state index contributed by atoms with van der Waals surface area (Å²) in [6, 6.07) is 12.2. The van der Waals surface area contributed by atoms with Crippen LogP contribution in [-0.4, -0.2) is 24.1 Å². The number of benzene rings is 2. The van der Waals surface area contributed by atoms with Gasteiger partial charge in [-0.3, -0.25) is 4.79 Å². The van der Waals surface area contributed by atoms with Gasteiger partial charge < -0.3 is 20.7 Å². The molecule has 0 aromatic heterocycles. The van der Waals surface area contributed by atoms with Gasteiger partial charge in [-0.15, -0.1) is 0 Å². The Morgan fingerprint density at radius 2 is 2.04 bits per heavy atom. The van der Waals surface area contributed by atoms with Crippen LogP contribution >= 0.6 is 11.6 Å². The average Bonchev–Trinajstić information content (AvgIpc) is 2.55. The van der Waals surface area contributed by atoms with Crippen LogP contribution in [0.4, 0.5) is 17.1 Å². The van der Waals surface area contributed by atoms with Crippen molar-refractivity contribution in [3.63, 3.8) is 0 Å². The predicted molar refractivity (Wildman–Crippen MR) is 102 cm³/mol. The lowest BCUT2D eigenvalue weighted by atomic mass is 10.0. The molecule has 1 heterocycles. The van der Waals surface area contributed by atoms with Crippen LogP contribution < -0.4 is 20.7 Å². The zero-order valence-corrected chi connectivity index (χ0v) is 15.3. The third kappa shape index (κ3) is 3.66. The smallest absolute Gasteiger partial charge is 0.246 e. The molecule has 0 fully saturated rings. The fourth-order valence-electron chi connectivity index (χ4n) is 2.96. The zero-order chi connectivity index (χ0) is 18.2. The summed E-state index contributed by atoms with van der Waals surface area (Å²) >= 11 is 6.14. The maximum absolute atomic E-state index is 12.8. The molecule has 0 aliphatic carbocycles. The molecule has 0 saturated carbocycles. The number of halogens is 1. The van der Waals surface area contributed by atoms with Crippen molar-refractivity contribution in [3.05, 3.63) is 47.5 Å². The third-order valence-electron chi connectivity index (χ3n) is 4.21. The van der Waals surface area contributed by atoms with Crippen molar-refractivity contribution in [2.24, 2.45) is 0 Å². The molecule has 3 N–H and O–H groups in total. The minimum absolute atomic E-state index is 0.140. The number of anilines is 3. The van der Waals surface area contributed by atoms with Gasteiger partial charge in [0.05, 0.1) is 22.9 Å². The van der Waals surface area contributed by atoms with Crippen molar-refractivity contribution >= 4 is 34.6 Å². The van der Waals surface area contributed by atoms with E-state index in [0.29, 0.717) is 22.9 Å². The number of carbonyl (C=O) groups is 1. The average molecular weight is 360 g/mol. The van der Waals surface area contributed by atoms with E-state index < -0.39 is 11.6 Å². The molecule has 2 aromatic rings. The van der Waals surface area contributed by atoms with Crippen molar-refractivity contribution in [1.29, 1.82) is 0 Å². The van der Waals surface area contributed by atoms with E-state index in [2.05, 4.69) is 5.32 Å². The van der Waals surface area contributed by atoms with Crippen molar-refractivity contribution in [3.8, 4) is 5.75 Å². The number of amides is 1. The number of fused-ring (bicyclic) bond motifs is 1. The molecule has 132 valence electrons. The van der Waals surface area contributed by atoms with Gasteiger partial charge in [0.1, 0.15) is 17.4 Å². The fraction of sp³-hybridized carbons (Fsp3) is 0.316. The number of ether oxygens (including phenoxy) is 1. The molecule has 1 atom stereocenters. The molecule has 1 aliphatic heterocycles. The second kappa shape index (κ2) is 6.48. The molecule has 3 rings (SSSR count). The van der Waals surface area contributed by atoms with E-state index in [0.717, 1.165) is 11.4 Å². The first-order valence-electron chi connectivity index (χ1n) is 8.17. The largest absolute Gasteiger partial charge is 0.484 e. The molecule has 0 saturated heterocycles. The molecule has 25 heavy (non-hydrogen) atoms. The summed E-state index contributed by atoms with van der Waals surface area (Å²) < 4.78 is 6.02. The highest BCUT2D eigenvalue weighted by Gasteiger charge is 2.36. The number of nitrogen functional groups attached to an aromatic ring is 1. The maximum Gasteiger partial charge on any atom is 0.246 e. The van der Waals surface area contributed by atoms with Gasteiger partial charge in [-0.2, -0.15) is 0 Å². The van der Waals surface area contributed by atoms with Crippen LogP contribution in [0.1, 0.15) is 20.8 Å². The minimum Gasteiger partial charge on any atom is -0.484 e. The summed E-state index contributed by atoms with van der Waals surface area (Å²) in [5.74, 6) is 0.585. The van der Waals surface area contributed by atoms with E-state index in [9.17, 15) is 4.79 Å². The lowest BCUT2D eigenvalue weighted by Gasteiger charge is -2.43. The van der Waals surface area contributed by atoms with E-state index in [1.807, 2.05) is 49.9 Å². The van der Waals surface area contributed by atoms with E-state index >= 15 is 0 Å². The van der Waals surface area contributed by atoms with Crippen LogP contribution in [0.5, 0.6) is 5.75 Å². The molecule has 0 spiro atoms. The standard InChI is InChI=1S/C19H22ClN3O2/c1-12(18(24)22-15-7-5-4-6-14(15)20)23-11-19(2,3)25-17-9-8-13(21)10-16(17)23/h4-10,12H,11,21H2,1-3H3,(H,22,24). The van der Waals surface area contributed by atoms with Gasteiger partial charge in [-0.25, -0.2) is 0 Å². The second-order valence-electron chi connectivity index (χ2n) is 6.86. The van der Waals surface area contributed by atoms with Crippen LogP contribution in [-0.2, 0) is 4.79 Å². The number of rotatable bonds is 3. The number of hydrogen-bond donors (Lipinski definition) is 2. The highest BCUT2D eigenvalue weighted by atomic mass is 35.5. The first kappa shape index (κ1) is 17.4. The van der Waals surface area contributed by atoms with Crippen molar-refractivity contribution in [1.82, 2.24) is 0 Å². The van der Waals surface area contributed by atoms with Gasteiger partial charge in [0, 0.05) is 5.69 Å². The van der Waals surface area contributed by atoms with E-state index in [1.165, 1.54) is 0 Å². The molecular weight excluding hydrogens is 338 g/mol. The molecule has 5 nitrogen and oxygen atoms in total. The second-order valence-corrected chi connectivity index (χ2v) is 7.27. The highest BCUT2D eigenvalue weighted by molar-refractivity contribution is 6.33. The molecule has 6 heteroatoms. The normalized spacial score (nSPS) is 16.6. The minimum atomic E-state index is -0.417. The monoisotopic (exact) mass is 359 g/mol. The lowest BCUT2D eigenvalue weighted by molar-refractivity contribution is -0.117. The molecule has 1 unspecified atom stereocenters. The number of hydrogen-bond acceptors (Lipinski definition) is 4. The van der Waals surface area contributed by atoms with Gasteiger partial charge in [-0.05, 0) is 51.1 Å². The summed E-state index contributed by atoms with van der Waals surface area (Å²) in [4.78, 5) is 14.8. The number of nitrogens with one attached hydrogen (secondary N) is 1. The summed E-state index contributed by atoms with van der Waals surface area (Å²) in [5, 5.41) is 3.40. The van der Waals surface area contributed by atoms with Crippen LogP contribution in [0.2, 0.25) is 5.02 Å². The van der Waals surface area contributed by atoms with Crippen LogP contribution in [0.3, 0.4) is 0 Å². The van der Waals surface area contributed by atoms with Gasteiger partial charge in [0.2, 0.25) is 5.91 Å². The Labute approximate surface area is 152 Å². The van der Waals surface area contributed by atoms with E-state index in [4.69, 9.17) is 22.1 Å². The maximum atomic E-state index is 12.8. The zero-order valence-electron chi connectivity index (χ0n) is 14.5. The van der Waals surface area contributed by atoms with Gasteiger partial charge in [-0.1, -0.05) is 23.7 Å². The van der Waals surface area contributed by atoms with E-state index in [1.54, 1.807) is 18.2 Å². The van der Waals surface area contributed by atoms with Crippen LogP contribution in [0.25, 0.3) is 0 Å². The molecular formula is C19H22ClN3O2. The Morgan fingerprint density at radius 3 is 2.76 bits per heavy atom. The first-order valence-corrected chi connectivity index (χ1v) is 8.55. The van der Waals surface area contributed by atoms with Gasteiger partial charge in [0.15, 0.2) is 0 Å². The van der Waals surface area contributed by atoms with Crippen LogP contribution in [0.15, 0.2) is 42.5 Å². The predicted octanol–water partition coefficient (Wildman–Crippen LogP) is 3.93. The fourth-order valence-corrected chi connectivity index (χ4v) is 3.14. The Kier molecular flexibility index (Phi) is 4.52. The quantitative estimate of drug-likeness (QED) is 0.815. The number of nitrogens with two attached hydrogens (primary N) is 1. The topological polar surface area (TPSA) is 67.6 Å². The van der Waals surface area contributed by atoms with Gasteiger partial charge in [0.25, 0.3) is 0 Å². The number of carbonyl (C=O) groups excluding carboxylic acids is 1. The van der Waals surface area contributed by atoms with Gasteiger partial charge >= 0.3 is 0 Å². The summed E-state index contributed by atoms with van der Waals surface area (Å²) in [6.07, 6.45) is 0. The summed E-state index contributed by atoms with van der Waals surface area (Å²) in [5.41, 5.74) is 7.57. The third-order valence-corrected chi connectivity index (χ3v) is 4.54. The van der Waals surface area contributed by atoms with Crippen LogP contribution in [0, 0.1) is 0 Å². The molecule has 1 amide bonds. The Morgan fingerprint density at radius 1 is 1.32 bits per heavy atom. The molecule has 1 aliphatic rings. The SMILES string of the molecule is CC(C(=O)Nc1ccccc1Cl)N1CC(C)(C)Oc2ccc(N)cc21. The Hall–Kier alpha value is -2.40. The van der Waals surface area contributed by atoms with E-state index in [-0.39, 0.29) is 5.91 Å². The molecule has 2 aromatic carbocycles. The van der Waals surface area contributed by atoms with Crippen molar-refractivity contribution in [2.75, 3.05) is 22.5 Å². The summed E-state index contributed by atoms with van der Waals surface area (Å²) in [6.45, 7) is 6.43. The first-order chi connectivity index (χ1) is 11.8. The molecule has 0 radical (unpaired) electrons. The number of para-hydroxylation sites is 1. The lowest BCUT2D eigenvalue weighted by Crippen LogP contribution is -2.53. The molecule has 0 bridgehead atoms. The highest BCUT2D eigenvalue weighted by Crippen LogP contribution is 2.39. The Bertz CT molecular complexity index is 807. The van der Waals surface area contributed by atoms with Crippen molar-refractivity contribution in [2.45, 2.75) is 32.4 Å².